The topological polar surface area (TPSA) is 37.4 Å². The van der Waals surface area contributed by atoms with E-state index in [1.54, 1.807) is 4.31 Å². The summed E-state index contributed by atoms with van der Waals surface area (Å²) in [6, 6.07) is 0.0978. The molecule has 0 aromatic heterocycles. The van der Waals surface area contributed by atoms with Gasteiger partial charge < -0.3 is 0 Å². The van der Waals surface area contributed by atoms with Crippen molar-refractivity contribution in [2.75, 3.05) is 6.54 Å². The van der Waals surface area contributed by atoms with Crippen molar-refractivity contribution in [3.05, 3.63) is 0 Å². The lowest BCUT2D eigenvalue weighted by Crippen LogP contribution is -2.38. The van der Waals surface area contributed by atoms with Crippen LogP contribution >= 0.6 is 0 Å². The van der Waals surface area contributed by atoms with Crippen LogP contribution < -0.4 is 0 Å². The summed E-state index contributed by atoms with van der Waals surface area (Å²) in [6.45, 7) is 6.32. The summed E-state index contributed by atoms with van der Waals surface area (Å²) < 4.78 is 25.0. The highest BCUT2D eigenvalue weighted by Gasteiger charge is 2.40. The smallest absolute Gasteiger partial charge is 0.212 e. The zero-order valence-corrected chi connectivity index (χ0v) is 8.76. The van der Waals surface area contributed by atoms with E-state index in [-0.39, 0.29) is 11.3 Å². The van der Waals surface area contributed by atoms with Gasteiger partial charge in [0.25, 0.3) is 0 Å². The number of sulfonamides is 1. The average molecular weight is 191 g/mol. The number of rotatable bonds is 4. The van der Waals surface area contributed by atoms with Crippen molar-refractivity contribution in [2.24, 2.45) is 0 Å². The molecule has 4 heteroatoms. The Hall–Kier alpha value is -0.0900. The quantitative estimate of drug-likeness (QED) is 0.670. The minimum atomic E-state index is -2.94. The predicted octanol–water partition coefficient (Wildman–Crippen LogP) is 1.21. The highest BCUT2D eigenvalue weighted by molar-refractivity contribution is 7.90. The molecule has 0 saturated heterocycles. The molecule has 0 spiro atoms. The zero-order chi connectivity index (χ0) is 9.35. The first-order valence-electron chi connectivity index (χ1n) is 4.50. The summed E-state index contributed by atoms with van der Waals surface area (Å²) in [5, 5.41) is -0.0696. The van der Waals surface area contributed by atoms with E-state index in [9.17, 15) is 8.42 Å². The maximum absolute atomic E-state index is 11.7. The molecule has 0 aromatic rings. The van der Waals surface area contributed by atoms with E-state index in [2.05, 4.69) is 0 Å². The molecule has 0 aliphatic heterocycles. The molecule has 0 aromatic carbocycles. The van der Waals surface area contributed by atoms with E-state index in [0.29, 0.717) is 6.54 Å². The molecule has 0 N–H and O–H groups in total. The molecule has 0 radical (unpaired) electrons. The van der Waals surface area contributed by atoms with Gasteiger partial charge in [-0.3, -0.25) is 0 Å². The van der Waals surface area contributed by atoms with Crippen molar-refractivity contribution in [2.45, 2.75) is 44.9 Å². The normalized spacial score (nSPS) is 19.1. The van der Waals surface area contributed by atoms with Crippen LogP contribution in [0.2, 0.25) is 0 Å². The third kappa shape index (κ3) is 1.80. The van der Waals surface area contributed by atoms with Crippen molar-refractivity contribution in [1.29, 1.82) is 0 Å². The molecular weight excluding hydrogens is 174 g/mol. The van der Waals surface area contributed by atoms with Crippen LogP contribution in [-0.4, -0.2) is 30.6 Å². The number of hydrogen-bond acceptors (Lipinski definition) is 2. The summed E-state index contributed by atoms with van der Waals surface area (Å²) in [4.78, 5) is 0. The minimum Gasteiger partial charge on any atom is -0.212 e. The Balaban J connectivity index is 2.76. The van der Waals surface area contributed by atoms with Crippen molar-refractivity contribution >= 4 is 10.0 Å². The van der Waals surface area contributed by atoms with Crippen molar-refractivity contribution < 1.29 is 8.42 Å². The number of nitrogens with zero attached hydrogens (tertiary/aromatic N) is 1. The molecule has 0 unspecified atom stereocenters. The van der Waals surface area contributed by atoms with Gasteiger partial charge in [0, 0.05) is 12.6 Å². The third-order valence-corrected chi connectivity index (χ3v) is 4.81. The second-order valence-corrected chi connectivity index (χ2v) is 5.71. The molecule has 12 heavy (non-hydrogen) atoms. The van der Waals surface area contributed by atoms with Gasteiger partial charge in [-0.1, -0.05) is 6.92 Å². The summed E-state index contributed by atoms with van der Waals surface area (Å²) in [5.74, 6) is 0. The maximum Gasteiger partial charge on any atom is 0.217 e. The molecule has 3 nitrogen and oxygen atoms in total. The first-order chi connectivity index (χ1) is 5.50. The van der Waals surface area contributed by atoms with Gasteiger partial charge in [0.15, 0.2) is 0 Å². The van der Waals surface area contributed by atoms with E-state index in [4.69, 9.17) is 0 Å². The molecule has 0 bridgehead atoms. The van der Waals surface area contributed by atoms with E-state index in [1.165, 1.54) is 0 Å². The largest absolute Gasteiger partial charge is 0.217 e. The lowest BCUT2D eigenvalue weighted by Gasteiger charge is -2.23. The Morgan fingerprint density at radius 3 is 2.17 bits per heavy atom. The van der Waals surface area contributed by atoms with Crippen LogP contribution in [0.5, 0.6) is 0 Å². The van der Waals surface area contributed by atoms with E-state index >= 15 is 0 Å². The Labute approximate surface area is 74.8 Å². The minimum absolute atomic E-state index is 0.0696. The fourth-order valence-electron chi connectivity index (χ4n) is 1.40. The first kappa shape index (κ1) is 9.99. The lowest BCUT2D eigenvalue weighted by atomic mass is 10.4. The van der Waals surface area contributed by atoms with Crippen LogP contribution in [0.4, 0.5) is 0 Å². The van der Waals surface area contributed by atoms with Crippen LogP contribution in [-0.2, 0) is 10.0 Å². The van der Waals surface area contributed by atoms with E-state index in [0.717, 1.165) is 12.8 Å². The first-order valence-corrected chi connectivity index (χ1v) is 6.01. The van der Waals surface area contributed by atoms with Gasteiger partial charge in [-0.25, -0.2) is 8.42 Å². The van der Waals surface area contributed by atoms with Crippen LogP contribution in [0.1, 0.15) is 33.6 Å². The van der Waals surface area contributed by atoms with Crippen molar-refractivity contribution in [3.63, 3.8) is 0 Å². The Kier molecular flexibility index (Phi) is 2.78. The maximum atomic E-state index is 11.7. The SMILES string of the molecule is CCN(C(C)C)S(=O)(=O)C1CC1. The highest BCUT2D eigenvalue weighted by Crippen LogP contribution is 2.31. The summed E-state index contributed by atoms with van der Waals surface area (Å²) >= 11 is 0. The standard InChI is InChI=1S/C8H17NO2S/c1-4-9(7(2)3)12(10,11)8-5-6-8/h7-8H,4-6H2,1-3H3. The summed E-state index contributed by atoms with van der Waals surface area (Å²) in [6.07, 6.45) is 1.71. The van der Waals surface area contributed by atoms with Gasteiger partial charge >= 0.3 is 0 Å². The molecule has 1 rings (SSSR count). The average Bonchev–Trinajstić information content (AvgIpc) is 2.66. The molecule has 1 aliphatic carbocycles. The fraction of sp³-hybridized carbons (Fsp3) is 1.00. The molecule has 72 valence electrons. The van der Waals surface area contributed by atoms with Crippen LogP contribution in [0.3, 0.4) is 0 Å². The molecule has 1 aliphatic rings. The van der Waals surface area contributed by atoms with E-state index in [1.807, 2.05) is 20.8 Å². The fourth-order valence-corrected chi connectivity index (χ4v) is 3.46. The second kappa shape index (κ2) is 3.34. The van der Waals surface area contributed by atoms with Crippen LogP contribution in [0, 0.1) is 0 Å². The van der Waals surface area contributed by atoms with Crippen LogP contribution in [0.25, 0.3) is 0 Å². The van der Waals surface area contributed by atoms with Gasteiger partial charge in [0.05, 0.1) is 5.25 Å². The number of hydrogen-bond donors (Lipinski definition) is 0. The van der Waals surface area contributed by atoms with E-state index < -0.39 is 10.0 Å². The lowest BCUT2D eigenvalue weighted by molar-refractivity contribution is 0.368. The summed E-state index contributed by atoms with van der Waals surface area (Å²) in [7, 11) is -2.94. The Bertz CT molecular complexity index is 242. The van der Waals surface area contributed by atoms with Crippen molar-refractivity contribution in [1.82, 2.24) is 4.31 Å². The molecule has 0 amide bonds. The monoisotopic (exact) mass is 191 g/mol. The molecular formula is C8H17NO2S. The summed E-state index contributed by atoms with van der Waals surface area (Å²) in [5.41, 5.74) is 0. The van der Waals surface area contributed by atoms with Gasteiger partial charge in [-0.2, -0.15) is 4.31 Å². The van der Waals surface area contributed by atoms with Gasteiger partial charge in [0.2, 0.25) is 10.0 Å². The molecule has 0 atom stereocenters. The zero-order valence-electron chi connectivity index (χ0n) is 7.95. The third-order valence-electron chi connectivity index (χ3n) is 2.16. The Morgan fingerprint density at radius 2 is 1.92 bits per heavy atom. The molecule has 1 saturated carbocycles. The highest BCUT2D eigenvalue weighted by atomic mass is 32.2. The van der Waals surface area contributed by atoms with Crippen molar-refractivity contribution in [3.8, 4) is 0 Å². The molecule has 1 fully saturated rings. The van der Waals surface area contributed by atoms with Gasteiger partial charge in [-0.05, 0) is 26.7 Å². The van der Waals surface area contributed by atoms with Gasteiger partial charge in [0.1, 0.15) is 0 Å². The second-order valence-electron chi connectivity index (χ2n) is 3.54. The molecule has 0 heterocycles. The Morgan fingerprint density at radius 1 is 1.42 bits per heavy atom. The van der Waals surface area contributed by atoms with Gasteiger partial charge in [-0.15, -0.1) is 0 Å². The predicted molar refractivity (Wildman–Crippen MR) is 49.5 cm³/mol. The van der Waals surface area contributed by atoms with Crippen LogP contribution in [0.15, 0.2) is 0 Å².